The highest BCUT2D eigenvalue weighted by atomic mass is 35.5. The van der Waals surface area contributed by atoms with Crippen molar-refractivity contribution in [2.24, 2.45) is 0 Å². The lowest BCUT2D eigenvalue weighted by Crippen LogP contribution is -2.46. The predicted molar refractivity (Wildman–Crippen MR) is 77.8 cm³/mol. The fourth-order valence-electron chi connectivity index (χ4n) is 2.30. The number of hydrogen-bond acceptors (Lipinski definition) is 4. The molecule has 0 spiro atoms. The second kappa shape index (κ2) is 6.86. The van der Waals surface area contributed by atoms with Gasteiger partial charge in [-0.15, -0.1) is 0 Å². The molecule has 1 aliphatic rings. The number of halogens is 2. The van der Waals surface area contributed by atoms with E-state index in [4.69, 9.17) is 28.3 Å². The molecule has 19 heavy (non-hydrogen) atoms. The van der Waals surface area contributed by atoms with E-state index in [9.17, 15) is 0 Å². The van der Waals surface area contributed by atoms with Crippen LogP contribution in [-0.4, -0.2) is 59.2 Å². The molecule has 0 saturated carbocycles. The summed E-state index contributed by atoms with van der Waals surface area (Å²) >= 11 is 12.4. The van der Waals surface area contributed by atoms with E-state index < -0.39 is 0 Å². The Morgan fingerprint density at radius 1 is 1.21 bits per heavy atom. The molecule has 1 aromatic rings. The van der Waals surface area contributed by atoms with Crippen LogP contribution in [0.25, 0.3) is 0 Å². The lowest BCUT2D eigenvalue weighted by molar-refractivity contribution is 0.108. The van der Waals surface area contributed by atoms with Gasteiger partial charge >= 0.3 is 0 Å². The Morgan fingerprint density at radius 2 is 1.84 bits per heavy atom. The van der Waals surface area contributed by atoms with Gasteiger partial charge in [0.15, 0.2) is 0 Å². The van der Waals surface area contributed by atoms with Crippen LogP contribution in [0.5, 0.6) is 0 Å². The molecule has 0 aliphatic carbocycles. The highest BCUT2D eigenvalue weighted by molar-refractivity contribution is 6.35. The first kappa shape index (κ1) is 15.0. The highest BCUT2D eigenvalue weighted by Crippen LogP contribution is 2.25. The van der Waals surface area contributed by atoms with Gasteiger partial charge in [-0.25, -0.2) is 4.98 Å². The summed E-state index contributed by atoms with van der Waals surface area (Å²) in [5, 5.41) is 10.1. The van der Waals surface area contributed by atoms with E-state index in [-0.39, 0.29) is 6.61 Å². The summed E-state index contributed by atoms with van der Waals surface area (Å²) in [6.45, 7) is 7.44. The van der Waals surface area contributed by atoms with Crippen LogP contribution < -0.4 is 0 Å². The van der Waals surface area contributed by atoms with Gasteiger partial charge in [0.2, 0.25) is 0 Å². The van der Waals surface area contributed by atoms with Crippen molar-refractivity contribution in [2.45, 2.75) is 13.5 Å². The zero-order chi connectivity index (χ0) is 13.8. The molecular weight excluding hydrogens is 285 g/mol. The first-order valence-electron chi connectivity index (χ1n) is 6.47. The van der Waals surface area contributed by atoms with Gasteiger partial charge in [-0.1, -0.05) is 23.2 Å². The van der Waals surface area contributed by atoms with Crippen LogP contribution >= 0.6 is 23.2 Å². The van der Waals surface area contributed by atoms with Gasteiger partial charge in [-0.05, 0) is 13.0 Å². The van der Waals surface area contributed by atoms with Crippen molar-refractivity contribution in [3.63, 3.8) is 0 Å². The molecule has 2 rings (SSSR count). The number of aromatic nitrogens is 1. The summed E-state index contributed by atoms with van der Waals surface area (Å²) in [5.74, 6) is 0. The smallest absolute Gasteiger partial charge is 0.135 e. The fourth-order valence-corrected chi connectivity index (χ4v) is 2.95. The van der Waals surface area contributed by atoms with Crippen LogP contribution in [0.4, 0.5) is 0 Å². The predicted octanol–water partition coefficient (Wildman–Crippen LogP) is 1.81. The normalized spacial score (nSPS) is 17.9. The molecule has 1 aliphatic heterocycles. The van der Waals surface area contributed by atoms with Crippen molar-refractivity contribution in [1.82, 2.24) is 14.8 Å². The Kier molecular flexibility index (Phi) is 5.42. The Morgan fingerprint density at radius 3 is 2.42 bits per heavy atom. The number of aliphatic hydroxyl groups is 1. The summed E-state index contributed by atoms with van der Waals surface area (Å²) < 4.78 is 0. The van der Waals surface area contributed by atoms with Gasteiger partial charge in [-0.2, -0.15) is 0 Å². The van der Waals surface area contributed by atoms with Gasteiger partial charge < -0.3 is 5.11 Å². The van der Waals surface area contributed by atoms with Crippen molar-refractivity contribution < 1.29 is 5.11 Å². The van der Waals surface area contributed by atoms with Crippen molar-refractivity contribution in [3.05, 3.63) is 27.5 Å². The molecule has 6 heteroatoms. The minimum atomic E-state index is 0.222. The third-order valence-corrected chi connectivity index (χ3v) is 4.06. The molecule has 0 radical (unpaired) electrons. The second-order valence-corrected chi connectivity index (χ2v) is 5.62. The van der Waals surface area contributed by atoms with Gasteiger partial charge in [0, 0.05) is 55.5 Å². The molecule has 1 aromatic heterocycles. The summed E-state index contributed by atoms with van der Waals surface area (Å²) in [7, 11) is 0. The molecule has 1 fully saturated rings. The van der Waals surface area contributed by atoms with E-state index in [0.29, 0.717) is 10.2 Å². The average molecular weight is 304 g/mol. The van der Waals surface area contributed by atoms with Crippen LogP contribution in [0, 0.1) is 6.92 Å². The summed E-state index contributed by atoms with van der Waals surface area (Å²) in [5.41, 5.74) is 1.75. The largest absolute Gasteiger partial charge is 0.395 e. The maximum Gasteiger partial charge on any atom is 0.135 e. The maximum atomic E-state index is 8.92. The van der Waals surface area contributed by atoms with E-state index in [0.717, 1.165) is 50.5 Å². The molecule has 2 heterocycles. The number of aryl methyl sites for hydroxylation is 1. The van der Waals surface area contributed by atoms with E-state index in [1.807, 2.05) is 13.0 Å². The number of nitrogens with zero attached hydrogens (tertiary/aromatic N) is 3. The van der Waals surface area contributed by atoms with Crippen LogP contribution in [0.3, 0.4) is 0 Å². The van der Waals surface area contributed by atoms with E-state index in [1.165, 1.54) is 0 Å². The average Bonchev–Trinajstić information content (AvgIpc) is 2.36. The van der Waals surface area contributed by atoms with Crippen molar-refractivity contribution >= 4 is 23.2 Å². The topological polar surface area (TPSA) is 39.6 Å². The van der Waals surface area contributed by atoms with Gasteiger partial charge in [-0.3, -0.25) is 9.80 Å². The molecule has 0 atom stereocenters. The molecular formula is C13H19Cl2N3O. The molecule has 0 bridgehead atoms. The fraction of sp³-hybridized carbons (Fsp3) is 0.615. The molecule has 0 amide bonds. The van der Waals surface area contributed by atoms with Crippen LogP contribution in [0.1, 0.15) is 11.3 Å². The van der Waals surface area contributed by atoms with E-state index >= 15 is 0 Å². The molecule has 0 unspecified atom stereocenters. The van der Waals surface area contributed by atoms with E-state index in [1.54, 1.807) is 0 Å². The van der Waals surface area contributed by atoms with Crippen LogP contribution in [0.2, 0.25) is 10.2 Å². The van der Waals surface area contributed by atoms with Gasteiger partial charge in [0.25, 0.3) is 0 Å². The van der Waals surface area contributed by atoms with Gasteiger partial charge in [0.05, 0.1) is 6.61 Å². The molecule has 1 saturated heterocycles. The molecule has 1 N–H and O–H groups in total. The SMILES string of the molecule is Cc1cc(Cl)c(CN2CCN(CCO)CC2)c(Cl)n1. The first-order valence-corrected chi connectivity index (χ1v) is 7.23. The summed E-state index contributed by atoms with van der Waals surface area (Å²) in [4.78, 5) is 8.83. The number of piperazine rings is 1. The lowest BCUT2D eigenvalue weighted by Gasteiger charge is -2.34. The second-order valence-electron chi connectivity index (χ2n) is 4.86. The number of rotatable bonds is 4. The minimum absolute atomic E-state index is 0.222. The van der Waals surface area contributed by atoms with Gasteiger partial charge in [0.1, 0.15) is 5.15 Å². The van der Waals surface area contributed by atoms with Crippen LogP contribution in [0.15, 0.2) is 6.07 Å². The first-order chi connectivity index (χ1) is 9.10. The maximum absolute atomic E-state index is 8.92. The molecule has 4 nitrogen and oxygen atoms in total. The molecule has 106 valence electrons. The Bertz CT molecular complexity index is 411. The Labute approximate surface area is 123 Å². The Balaban J connectivity index is 1.96. The number of β-amino-alcohol motifs (C(OH)–C–C–N with tert-alkyl or cyclic N) is 1. The number of hydrogen-bond donors (Lipinski definition) is 1. The minimum Gasteiger partial charge on any atom is -0.395 e. The number of aliphatic hydroxyl groups excluding tert-OH is 1. The highest BCUT2D eigenvalue weighted by Gasteiger charge is 2.19. The number of pyridine rings is 1. The summed E-state index contributed by atoms with van der Waals surface area (Å²) in [6, 6.07) is 1.85. The van der Waals surface area contributed by atoms with Crippen molar-refractivity contribution in [1.29, 1.82) is 0 Å². The summed E-state index contributed by atoms with van der Waals surface area (Å²) in [6.07, 6.45) is 0. The zero-order valence-electron chi connectivity index (χ0n) is 11.1. The van der Waals surface area contributed by atoms with Crippen molar-refractivity contribution in [2.75, 3.05) is 39.3 Å². The Hall–Kier alpha value is -0.390. The quantitative estimate of drug-likeness (QED) is 0.861. The zero-order valence-corrected chi connectivity index (χ0v) is 12.6. The third-order valence-electron chi connectivity index (χ3n) is 3.41. The van der Waals surface area contributed by atoms with E-state index in [2.05, 4.69) is 14.8 Å². The standard InChI is InChI=1S/C13H19Cl2N3O/c1-10-8-12(14)11(13(15)16-10)9-18-4-2-17(3-5-18)6-7-19/h8,19H,2-7,9H2,1H3. The molecule has 0 aromatic carbocycles. The van der Waals surface area contributed by atoms with Crippen molar-refractivity contribution in [3.8, 4) is 0 Å². The lowest BCUT2D eigenvalue weighted by atomic mass is 10.2. The third kappa shape index (κ3) is 4.04. The monoisotopic (exact) mass is 303 g/mol. The van der Waals surface area contributed by atoms with Crippen LogP contribution in [-0.2, 0) is 6.54 Å².